The lowest BCUT2D eigenvalue weighted by Crippen LogP contribution is -1.99. The first-order valence-corrected chi connectivity index (χ1v) is 11.3. The second kappa shape index (κ2) is 9.07. The molecule has 0 atom stereocenters. The molecule has 5 aromatic rings. The zero-order valence-electron chi connectivity index (χ0n) is 17.1. The van der Waals surface area contributed by atoms with Crippen LogP contribution in [0.3, 0.4) is 0 Å². The Morgan fingerprint density at radius 2 is 1.10 bits per heavy atom. The quantitative estimate of drug-likeness (QED) is 0.266. The summed E-state index contributed by atoms with van der Waals surface area (Å²) in [5.41, 5.74) is 6.81. The summed E-state index contributed by atoms with van der Waals surface area (Å²) in [6.07, 6.45) is 0. The molecule has 2 nitrogen and oxygen atoms in total. The summed E-state index contributed by atoms with van der Waals surface area (Å²) < 4.78 is 2.30. The fourth-order valence-corrected chi connectivity index (χ4v) is 4.66. The van der Waals surface area contributed by atoms with E-state index in [2.05, 4.69) is 120 Å². The van der Waals surface area contributed by atoms with Gasteiger partial charge in [0.15, 0.2) is 5.16 Å². The Labute approximate surface area is 187 Å². The van der Waals surface area contributed by atoms with Crippen molar-refractivity contribution < 1.29 is 0 Å². The van der Waals surface area contributed by atoms with Gasteiger partial charge in [-0.3, -0.25) is 4.57 Å². The van der Waals surface area contributed by atoms with Crippen LogP contribution in [0.4, 0.5) is 0 Å². The van der Waals surface area contributed by atoms with E-state index in [1.54, 1.807) is 11.8 Å². The Kier molecular flexibility index (Phi) is 5.68. The molecule has 31 heavy (non-hydrogen) atoms. The molecule has 0 bridgehead atoms. The third-order valence-corrected chi connectivity index (χ3v) is 6.18. The Morgan fingerprint density at radius 1 is 0.581 bits per heavy atom. The maximum atomic E-state index is 5.17. The Morgan fingerprint density at radius 3 is 1.71 bits per heavy atom. The SMILES string of the molecule is c1ccc(CSc2nc(-c3ccccc3)c(-c3ccccc3)n2-c2ccccc2)cc1. The average Bonchev–Trinajstić information content (AvgIpc) is 3.24. The van der Waals surface area contributed by atoms with Crippen LogP contribution in [0.15, 0.2) is 126 Å². The van der Waals surface area contributed by atoms with E-state index in [-0.39, 0.29) is 0 Å². The minimum absolute atomic E-state index is 0.868. The van der Waals surface area contributed by atoms with Gasteiger partial charge in [0.05, 0.1) is 11.4 Å². The molecule has 0 fully saturated rings. The van der Waals surface area contributed by atoms with Crippen molar-refractivity contribution in [2.45, 2.75) is 10.9 Å². The van der Waals surface area contributed by atoms with E-state index < -0.39 is 0 Å². The highest BCUT2D eigenvalue weighted by atomic mass is 32.2. The first kappa shape index (κ1) is 19.4. The smallest absolute Gasteiger partial charge is 0.174 e. The van der Waals surface area contributed by atoms with Gasteiger partial charge in [0.25, 0.3) is 0 Å². The van der Waals surface area contributed by atoms with Crippen molar-refractivity contribution in [2.24, 2.45) is 0 Å². The number of rotatable bonds is 6. The number of hydrogen-bond donors (Lipinski definition) is 0. The molecule has 0 saturated carbocycles. The summed E-state index contributed by atoms with van der Waals surface area (Å²) in [5.74, 6) is 0.868. The third kappa shape index (κ3) is 4.18. The predicted molar refractivity (Wildman–Crippen MR) is 130 cm³/mol. The number of thioether (sulfide) groups is 1. The molecule has 0 amide bonds. The van der Waals surface area contributed by atoms with Crippen molar-refractivity contribution in [3.05, 3.63) is 127 Å². The molecule has 1 aromatic heterocycles. The highest BCUT2D eigenvalue weighted by Crippen LogP contribution is 2.38. The highest BCUT2D eigenvalue weighted by molar-refractivity contribution is 7.98. The van der Waals surface area contributed by atoms with E-state index in [0.29, 0.717) is 0 Å². The molecular weight excluding hydrogens is 396 g/mol. The molecule has 150 valence electrons. The lowest BCUT2D eigenvalue weighted by molar-refractivity contribution is 0.900. The molecule has 0 spiro atoms. The van der Waals surface area contributed by atoms with Crippen LogP contribution in [0.5, 0.6) is 0 Å². The van der Waals surface area contributed by atoms with Crippen LogP contribution in [0.1, 0.15) is 5.56 Å². The maximum absolute atomic E-state index is 5.17. The Bertz CT molecular complexity index is 1250. The maximum Gasteiger partial charge on any atom is 0.174 e. The largest absolute Gasteiger partial charge is 0.287 e. The molecule has 4 aromatic carbocycles. The second-order valence-corrected chi connectivity index (χ2v) is 8.21. The Balaban J connectivity index is 1.71. The van der Waals surface area contributed by atoms with Crippen molar-refractivity contribution in [1.29, 1.82) is 0 Å². The zero-order chi connectivity index (χ0) is 20.9. The third-order valence-electron chi connectivity index (χ3n) is 5.17. The number of imidazole rings is 1. The minimum atomic E-state index is 0.868. The number of nitrogens with zero attached hydrogens (tertiary/aromatic N) is 2. The Hall–Kier alpha value is -3.56. The van der Waals surface area contributed by atoms with Crippen molar-refractivity contribution in [3.63, 3.8) is 0 Å². The number of aromatic nitrogens is 2. The van der Waals surface area contributed by atoms with Gasteiger partial charge < -0.3 is 0 Å². The van der Waals surface area contributed by atoms with Gasteiger partial charge in [-0.2, -0.15) is 0 Å². The molecule has 1 heterocycles. The van der Waals surface area contributed by atoms with Gasteiger partial charge >= 0.3 is 0 Å². The number of para-hydroxylation sites is 1. The van der Waals surface area contributed by atoms with Crippen molar-refractivity contribution >= 4 is 11.8 Å². The number of hydrogen-bond acceptors (Lipinski definition) is 2. The van der Waals surface area contributed by atoms with E-state index in [0.717, 1.165) is 39.1 Å². The second-order valence-electron chi connectivity index (χ2n) is 7.27. The van der Waals surface area contributed by atoms with Crippen LogP contribution < -0.4 is 0 Å². The van der Waals surface area contributed by atoms with E-state index in [4.69, 9.17) is 4.98 Å². The molecular formula is C28H22N2S. The van der Waals surface area contributed by atoms with Crippen LogP contribution >= 0.6 is 11.8 Å². The van der Waals surface area contributed by atoms with Crippen LogP contribution in [0, 0.1) is 0 Å². The summed E-state index contributed by atoms with van der Waals surface area (Å²) in [5, 5.41) is 0.993. The first-order valence-electron chi connectivity index (χ1n) is 10.4. The lowest BCUT2D eigenvalue weighted by atomic mass is 10.0. The van der Waals surface area contributed by atoms with E-state index in [1.165, 1.54) is 5.56 Å². The number of benzene rings is 4. The standard InChI is InChI=1S/C28H22N2S/c1-5-13-22(14-6-1)21-31-28-29-26(23-15-7-2-8-16-23)27(24-17-9-3-10-18-24)30(28)25-19-11-4-12-20-25/h1-20H,21H2. The van der Waals surface area contributed by atoms with Crippen molar-refractivity contribution in [3.8, 4) is 28.2 Å². The zero-order valence-corrected chi connectivity index (χ0v) is 17.9. The lowest BCUT2D eigenvalue weighted by Gasteiger charge is -2.13. The van der Waals surface area contributed by atoms with Crippen LogP contribution in [-0.2, 0) is 5.75 Å². The van der Waals surface area contributed by atoms with Gasteiger partial charge in [-0.1, -0.05) is 121 Å². The van der Waals surface area contributed by atoms with Gasteiger partial charge in [0.1, 0.15) is 0 Å². The highest BCUT2D eigenvalue weighted by Gasteiger charge is 2.21. The fraction of sp³-hybridized carbons (Fsp3) is 0.0357. The summed E-state index contributed by atoms with van der Waals surface area (Å²) in [6.45, 7) is 0. The van der Waals surface area contributed by atoms with Crippen molar-refractivity contribution in [2.75, 3.05) is 0 Å². The van der Waals surface area contributed by atoms with Crippen LogP contribution in [-0.4, -0.2) is 9.55 Å². The molecule has 0 N–H and O–H groups in total. The molecule has 3 heteroatoms. The van der Waals surface area contributed by atoms with Crippen LogP contribution in [0.2, 0.25) is 0 Å². The summed E-state index contributed by atoms with van der Waals surface area (Å²) >= 11 is 1.77. The normalized spacial score (nSPS) is 10.8. The molecule has 0 saturated heterocycles. The molecule has 0 aliphatic rings. The molecule has 0 aliphatic carbocycles. The topological polar surface area (TPSA) is 17.8 Å². The first-order chi connectivity index (χ1) is 15.4. The summed E-state index contributed by atoms with van der Waals surface area (Å²) in [4.78, 5) is 5.17. The van der Waals surface area contributed by atoms with Gasteiger partial charge in [0.2, 0.25) is 0 Å². The monoisotopic (exact) mass is 418 g/mol. The average molecular weight is 419 g/mol. The van der Waals surface area contributed by atoms with Gasteiger partial charge in [-0.15, -0.1) is 0 Å². The predicted octanol–water partition coefficient (Wildman–Crippen LogP) is 7.50. The fourth-order valence-electron chi connectivity index (χ4n) is 3.69. The summed E-state index contributed by atoms with van der Waals surface area (Å²) in [6, 6.07) is 42.1. The molecule has 0 unspecified atom stereocenters. The molecule has 5 rings (SSSR count). The van der Waals surface area contributed by atoms with Gasteiger partial charge in [-0.05, 0) is 17.7 Å². The van der Waals surface area contributed by atoms with Crippen molar-refractivity contribution in [1.82, 2.24) is 9.55 Å². The summed E-state index contributed by atoms with van der Waals surface area (Å²) in [7, 11) is 0. The van der Waals surface area contributed by atoms with E-state index in [1.807, 2.05) is 6.07 Å². The molecule has 0 radical (unpaired) electrons. The van der Waals surface area contributed by atoms with E-state index in [9.17, 15) is 0 Å². The van der Waals surface area contributed by atoms with E-state index >= 15 is 0 Å². The molecule has 0 aliphatic heterocycles. The minimum Gasteiger partial charge on any atom is -0.287 e. The van der Waals surface area contributed by atoms with Crippen LogP contribution in [0.25, 0.3) is 28.2 Å². The van der Waals surface area contributed by atoms with Gasteiger partial charge in [-0.25, -0.2) is 4.98 Å². The van der Waals surface area contributed by atoms with Gasteiger partial charge in [0, 0.05) is 22.6 Å².